The lowest BCUT2D eigenvalue weighted by molar-refractivity contribution is -0.260. The molecule has 144 valence electrons. The van der Waals surface area contributed by atoms with Gasteiger partial charge in [-0.2, -0.15) is 0 Å². The summed E-state index contributed by atoms with van der Waals surface area (Å²) in [5, 5.41) is 10.5. The summed E-state index contributed by atoms with van der Waals surface area (Å²) in [5.74, 6) is -0.335. The molecule has 3 aliphatic heterocycles. The number of cyclic esters (lactones) is 1. The molecule has 3 saturated heterocycles. The number of rotatable bonds is 0. The molecule has 6 heteroatoms. The van der Waals surface area contributed by atoms with Gasteiger partial charge in [0.2, 0.25) is 0 Å². The highest BCUT2D eigenvalue weighted by Crippen LogP contribution is 2.70. The van der Waals surface area contributed by atoms with Crippen molar-refractivity contribution in [1.29, 1.82) is 0 Å². The van der Waals surface area contributed by atoms with Crippen molar-refractivity contribution in [3.8, 4) is 0 Å². The molecule has 2 saturated carbocycles. The number of aliphatic hydroxyl groups is 1. The smallest absolute Gasteiger partial charge is 0.338 e. The third-order valence-electron chi connectivity index (χ3n) is 8.70. The molecule has 0 aromatic rings. The molecular weight excluding hydrogens is 336 g/mol. The first-order valence-electron chi connectivity index (χ1n) is 9.95. The second kappa shape index (κ2) is 4.82. The number of hydrogen-bond acceptors (Lipinski definition) is 6. The standard InChI is InChI=1S/C20H28O6/c1-11-9-12-13-17(2,16(23)25-12)5-4-6-18(13,3)20(11)8-7-19(26-20)10-24-15(22)14(19)21/h11-14,21H,4-10H2,1-3H3. The van der Waals surface area contributed by atoms with Gasteiger partial charge in [0.25, 0.3) is 0 Å². The first kappa shape index (κ1) is 17.0. The fourth-order valence-electron chi connectivity index (χ4n) is 7.46. The van der Waals surface area contributed by atoms with E-state index in [2.05, 4.69) is 20.8 Å². The predicted octanol–water partition coefficient (Wildman–Crippen LogP) is 1.97. The van der Waals surface area contributed by atoms with Gasteiger partial charge in [0.05, 0.1) is 11.0 Å². The van der Waals surface area contributed by atoms with E-state index < -0.39 is 28.7 Å². The van der Waals surface area contributed by atoms with Crippen molar-refractivity contribution in [2.75, 3.05) is 6.61 Å². The summed E-state index contributed by atoms with van der Waals surface area (Å²) in [4.78, 5) is 24.5. The predicted molar refractivity (Wildman–Crippen MR) is 90.0 cm³/mol. The summed E-state index contributed by atoms with van der Waals surface area (Å²) in [5.41, 5.74) is -2.06. The van der Waals surface area contributed by atoms with Crippen LogP contribution >= 0.6 is 0 Å². The van der Waals surface area contributed by atoms with Crippen LogP contribution < -0.4 is 0 Å². The molecule has 5 rings (SSSR count). The molecule has 2 aliphatic carbocycles. The summed E-state index contributed by atoms with van der Waals surface area (Å²) >= 11 is 0. The van der Waals surface area contributed by atoms with Crippen LogP contribution in [0.25, 0.3) is 0 Å². The van der Waals surface area contributed by atoms with Gasteiger partial charge in [0.1, 0.15) is 18.3 Å². The largest absolute Gasteiger partial charge is 0.462 e. The lowest BCUT2D eigenvalue weighted by Crippen LogP contribution is -2.66. The highest BCUT2D eigenvalue weighted by molar-refractivity contribution is 5.80. The first-order valence-corrected chi connectivity index (χ1v) is 9.95. The van der Waals surface area contributed by atoms with Crippen LogP contribution in [0, 0.1) is 22.7 Å². The van der Waals surface area contributed by atoms with Gasteiger partial charge in [-0.25, -0.2) is 4.79 Å². The quantitative estimate of drug-likeness (QED) is 0.662. The summed E-state index contributed by atoms with van der Waals surface area (Å²) in [7, 11) is 0. The number of carbonyl (C=O) groups is 2. The molecule has 8 atom stereocenters. The Balaban J connectivity index is 1.60. The van der Waals surface area contributed by atoms with Crippen LogP contribution in [0.1, 0.15) is 59.3 Å². The van der Waals surface area contributed by atoms with Crippen LogP contribution in [0.5, 0.6) is 0 Å². The Morgan fingerprint density at radius 2 is 1.88 bits per heavy atom. The van der Waals surface area contributed by atoms with Crippen LogP contribution in [0.2, 0.25) is 0 Å². The first-order chi connectivity index (χ1) is 12.2. The van der Waals surface area contributed by atoms with Crippen molar-refractivity contribution in [1.82, 2.24) is 0 Å². The van der Waals surface area contributed by atoms with Crippen LogP contribution in [-0.2, 0) is 23.8 Å². The van der Waals surface area contributed by atoms with Gasteiger partial charge in [-0.05, 0) is 44.9 Å². The van der Waals surface area contributed by atoms with E-state index in [-0.39, 0.29) is 35.9 Å². The molecule has 5 aliphatic rings. The van der Waals surface area contributed by atoms with Gasteiger partial charge in [-0.3, -0.25) is 4.79 Å². The van der Waals surface area contributed by atoms with Crippen molar-refractivity contribution in [3.63, 3.8) is 0 Å². The van der Waals surface area contributed by atoms with E-state index in [1.165, 1.54) is 0 Å². The zero-order valence-electron chi connectivity index (χ0n) is 15.7. The van der Waals surface area contributed by atoms with Crippen LogP contribution in [0.4, 0.5) is 0 Å². The monoisotopic (exact) mass is 364 g/mol. The number of ether oxygens (including phenoxy) is 3. The molecule has 3 heterocycles. The maximum atomic E-state index is 12.7. The zero-order valence-corrected chi connectivity index (χ0v) is 15.7. The maximum absolute atomic E-state index is 12.7. The van der Waals surface area contributed by atoms with E-state index in [4.69, 9.17) is 14.2 Å². The minimum Gasteiger partial charge on any atom is -0.462 e. The van der Waals surface area contributed by atoms with Crippen molar-refractivity contribution in [2.45, 2.75) is 82.7 Å². The number of fused-ring (bicyclic) bond motifs is 1. The SMILES string of the molecule is CC1CC2OC(=O)C3(C)CCCC(C)(C23)C12CCC1(COC(=O)C1O)O2. The normalized spacial score (nSPS) is 58.2. The summed E-state index contributed by atoms with van der Waals surface area (Å²) < 4.78 is 17.7. The highest BCUT2D eigenvalue weighted by Gasteiger charge is 2.75. The van der Waals surface area contributed by atoms with Crippen LogP contribution in [0.3, 0.4) is 0 Å². The molecular formula is C20H28O6. The highest BCUT2D eigenvalue weighted by atomic mass is 16.6. The lowest BCUT2D eigenvalue weighted by atomic mass is 9.44. The Labute approximate surface area is 153 Å². The molecule has 0 aromatic carbocycles. The second-order valence-corrected chi connectivity index (χ2v) is 9.81. The second-order valence-electron chi connectivity index (χ2n) is 9.81. The number of hydrogen-bond donors (Lipinski definition) is 1. The van der Waals surface area contributed by atoms with Gasteiger partial charge in [-0.1, -0.05) is 20.3 Å². The van der Waals surface area contributed by atoms with Crippen LogP contribution in [-0.4, -0.2) is 47.1 Å². The van der Waals surface area contributed by atoms with Gasteiger partial charge >= 0.3 is 11.9 Å². The molecule has 1 N–H and O–H groups in total. The molecule has 8 unspecified atom stereocenters. The fraction of sp³-hybridized carbons (Fsp3) is 0.900. The Morgan fingerprint density at radius 3 is 2.58 bits per heavy atom. The van der Waals surface area contributed by atoms with E-state index >= 15 is 0 Å². The molecule has 6 nitrogen and oxygen atoms in total. The van der Waals surface area contributed by atoms with Crippen molar-refractivity contribution in [3.05, 3.63) is 0 Å². The Bertz CT molecular complexity index is 692. The van der Waals surface area contributed by atoms with Crippen molar-refractivity contribution in [2.24, 2.45) is 22.7 Å². The average molecular weight is 364 g/mol. The third-order valence-corrected chi connectivity index (χ3v) is 8.70. The number of carbonyl (C=O) groups excluding carboxylic acids is 2. The fourth-order valence-corrected chi connectivity index (χ4v) is 7.46. The molecule has 0 amide bonds. The summed E-state index contributed by atoms with van der Waals surface area (Å²) in [6, 6.07) is 0. The Morgan fingerprint density at radius 1 is 1.12 bits per heavy atom. The van der Waals surface area contributed by atoms with E-state index in [9.17, 15) is 14.7 Å². The number of aliphatic hydroxyl groups excluding tert-OH is 1. The minimum atomic E-state index is -1.22. The molecule has 0 aromatic heterocycles. The summed E-state index contributed by atoms with van der Waals surface area (Å²) in [6.07, 6.45) is 3.72. The number of esters is 2. The van der Waals surface area contributed by atoms with Crippen LogP contribution in [0.15, 0.2) is 0 Å². The van der Waals surface area contributed by atoms with Gasteiger partial charge < -0.3 is 19.3 Å². The molecule has 5 fully saturated rings. The summed E-state index contributed by atoms with van der Waals surface area (Å²) in [6.45, 7) is 6.60. The van der Waals surface area contributed by atoms with Crippen molar-refractivity contribution < 1.29 is 28.9 Å². The van der Waals surface area contributed by atoms with Gasteiger partial charge in [0.15, 0.2) is 6.10 Å². The zero-order chi connectivity index (χ0) is 18.5. The average Bonchev–Trinajstić information content (AvgIpc) is 3.19. The lowest BCUT2D eigenvalue weighted by Gasteiger charge is -2.62. The van der Waals surface area contributed by atoms with Crippen molar-refractivity contribution >= 4 is 11.9 Å². The minimum absolute atomic E-state index is 0.0510. The topological polar surface area (TPSA) is 82.1 Å². The molecule has 0 radical (unpaired) electrons. The van der Waals surface area contributed by atoms with E-state index in [0.29, 0.717) is 6.42 Å². The molecule has 0 bridgehead atoms. The molecule has 2 spiro atoms. The van der Waals surface area contributed by atoms with E-state index in [1.54, 1.807) is 0 Å². The Kier molecular flexibility index (Phi) is 3.15. The van der Waals surface area contributed by atoms with Gasteiger partial charge in [0, 0.05) is 11.3 Å². The Hall–Kier alpha value is -1.14. The molecule has 26 heavy (non-hydrogen) atoms. The maximum Gasteiger partial charge on any atom is 0.338 e. The van der Waals surface area contributed by atoms with E-state index in [1.807, 2.05) is 0 Å². The van der Waals surface area contributed by atoms with E-state index in [0.717, 1.165) is 32.1 Å². The van der Waals surface area contributed by atoms with Gasteiger partial charge in [-0.15, -0.1) is 0 Å². The third kappa shape index (κ3) is 1.67.